The molecule has 0 spiro atoms. The van der Waals surface area contributed by atoms with Crippen LogP contribution in [0.15, 0.2) is 35.3 Å². The van der Waals surface area contributed by atoms with Gasteiger partial charge in [0.2, 0.25) is 0 Å². The number of hydrogen-bond donors (Lipinski definition) is 2. The van der Waals surface area contributed by atoms with Crippen LogP contribution in [0.4, 0.5) is 0 Å². The molecule has 7 heteroatoms. The predicted molar refractivity (Wildman–Crippen MR) is 89.5 cm³/mol. The molecule has 0 saturated heterocycles. The zero-order valence-electron chi connectivity index (χ0n) is 13.4. The minimum Gasteiger partial charge on any atom is -0.361 e. The molecule has 1 aromatic carbocycles. The number of amidine groups is 1. The lowest BCUT2D eigenvalue weighted by Crippen LogP contribution is -2.25. The number of hydrogen-bond acceptors (Lipinski definition) is 4. The van der Waals surface area contributed by atoms with Crippen molar-refractivity contribution in [3.05, 3.63) is 35.9 Å². The van der Waals surface area contributed by atoms with Crippen molar-refractivity contribution in [3.63, 3.8) is 0 Å². The van der Waals surface area contributed by atoms with Crippen molar-refractivity contribution in [2.75, 3.05) is 20.1 Å². The first kappa shape index (κ1) is 18.6. The van der Waals surface area contributed by atoms with E-state index in [1.54, 1.807) is 6.92 Å². The molecule has 0 bridgehead atoms. The van der Waals surface area contributed by atoms with Gasteiger partial charge in [-0.15, -0.1) is 0 Å². The fourth-order valence-corrected chi connectivity index (χ4v) is 2.50. The summed E-state index contributed by atoms with van der Waals surface area (Å²) >= 11 is 0. The first-order valence-electron chi connectivity index (χ1n) is 7.39. The Hall–Kier alpha value is -1.44. The Balaban J connectivity index is 0.000000295. The maximum atomic E-state index is 9.68. The van der Waals surface area contributed by atoms with Crippen molar-refractivity contribution in [3.8, 4) is 0 Å². The molecular weight excluding hydrogens is 302 g/mol. The highest BCUT2D eigenvalue weighted by Gasteiger charge is 2.20. The molecule has 124 valence electrons. The lowest BCUT2D eigenvalue weighted by atomic mass is 10.1. The first-order chi connectivity index (χ1) is 10.4. The van der Waals surface area contributed by atoms with Crippen LogP contribution in [0.2, 0.25) is 0 Å². The van der Waals surface area contributed by atoms with Crippen LogP contribution in [0.25, 0.3) is 0 Å². The van der Waals surface area contributed by atoms with Gasteiger partial charge >= 0.3 is 10.3 Å². The van der Waals surface area contributed by atoms with Crippen molar-refractivity contribution < 1.29 is 13.0 Å². The van der Waals surface area contributed by atoms with Crippen LogP contribution in [0, 0.1) is 0 Å². The van der Waals surface area contributed by atoms with E-state index in [0.717, 1.165) is 19.4 Å². The van der Waals surface area contributed by atoms with E-state index in [-0.39, 0.29) is 6.54 Å². The zero-order valence-corrected chi connectivity index (χ0v) is 14.2. The molecule has 2 N–H and O–H groups in total. The third-order valence-corrected chi connectivity index (χ3v) is 3.91. The van der Waals surface area contributed by atoms with Gasteiger partial charge < -0.3 is 4.90 Å². The SMILES string of the molecule is CCC1CN(C)C(Cc2ccccc2)=N1.CCNS(=O)(=O)O. The number of nitrogens with one attached hydrogen (secondary N) is 1. The number of likely N-dealkylation sites (N-methyl/N-ethyl adjacent to an activating group) is 1. The summed E-state index contributed by atoms with van der Waals surface area (Å²) in [4.78, 5) is 7.00. The molecule has 0 aromatic heterocycles. The van der Waals surface area contributed by atoms with Gasteiger partial charge in [0.25, 0.3) is 0 Å². The highest BCUT2D eigenvalue weighted by atomic mass is 32.2. The number of nitrogens with zero attached hydrogens (tertiary/aromatic N) is 2. The summed E-state index contributed by atoms with van der Waals surface area (Å²) in [5, 5.41) is 0. The second-order valence-corrected chi connectivity index (χ2v) is 6.36. The van der Waals surface area contributed by atoms with E-state index in [9.17, 15) is 8.42 Å². The Morgan fingerprint density at radius 1 is 1.32 bits per heavy atom. The molecule has 6 nitrogen and oxygen atoms in total. The fraction of sp³-hybridized carbons (Fsp3) is 0.533. The summed E-state index contributed by atoms with van der Waals surface area (Å²) in [6.45, 7) is 5.08. The van der Waals surface area contributed by atoms with Crippen molar-refractivity contribution in [2.24, 2.45) is 4.99 Å². The molecule has 1 aliphatic rings. The van der Waals surface area contributed by atoms with E-state index in [2.05, 4.69) is 49.2 Å². The maximum absolute atomic E-state index is 9.68. The lowest BCUT2D eigenvalue weighted by molar-refractivity contribution is 0.469. The second-order valence-electron chi connectivity index (χ2n) is 5.12. The Morgan fingerprint density at radius 3 is 2.36 bits per heavy atom. The van der Waals surface area contributed by atoms with Gasteiger partial charge in [-0.1, -0.05) is 44.2 Å². The highest BCUT2D eigenvalue weighted by molar-refractivity contribution is 7.83. The van der Waals surface area contributed by atoms with Gasteiger partial charge in [0, 0.05) is 26.6 Å². The molecule has 1 aliphatic heterocycles. The van der Waals surface area contributed by atoms with Crippen LogP contribution in [-0.2, 0) is 16.7 Å². The van der Waals surface area contributed by atoms with E-state index in [0.29, 0.717) is 6.04 Å². The Labute approximate surface area is 133 Å². The van der Waals surface area contributed by atoms with Gasteiger partial charge in [-0.3, -0.25) is 9.55 Å². The van der Waals surface area contributed by atoms with E-state index in [1.165, 1.54) is 11.4 Å². The van der Waals surface area contributed by atoms with Crippen molar-refractivity contribution in [2.45, 2.75) is 32.7 Å². The standard InChI is InChI=1S/C13H18N2.C2H7NO3S/c1-3-12-10-15(2)13(14-12)9-11-7-5-4-6-8-11;1-2-3-7(4,5)6/h4-8,12H,3,9-10H2,1-2H3;3H,2H2,1H3,(H,4,5,6). The van der Waals surface area contributed by atoms with Gasteiger partial charge in [-0.25, -0.2) is 0 Å². The van der Waals surface area contributed by atoms with Gasteiger partial charge in [0.15, 0.2) is 0 Å². The second kappa shape index (κ2) is 8.87. The van der Waals surface area contributed by atoms with E-state index < -0.39 is 10.3 Å². The smallest absolute Gasteiger partial charge is 0.333 e. The average Bonchev–Trinajstić information content (AvgIpc) is 2.80. The third-order valence-electron chi connectivity index (χ3n) is 3.26. The minimum absolute atomic E-state index is 0.221. The van der Waals surface area contributed by atoms with Crippen LogP contribution in [0.5, 0.6) is 0 Å². The monoisotopic (exact) mass is 327 g/mol. The zero-order chi connectivity index (χ0) is 16.6. The molecule has 0 fully saturated rings. The predicted octanol–water partition coefficient (Wildman–Crippen LogP) is 1.75. The quantitative estimate of drug-likeness (QED) is 0.807. The average molecular weight is 327 g/mol. The molecule has 1 atom stereocenters. The molecule has 1 unspecified atom stereocenters. The van der Waals surface area contributed by atoms with Crippen LogP contribution < -0.4 is 4.72 Å². The summed E-state index contributed by atoms with van der Waals surface area (Å²) in [6.07, 6.45) is 2.11. The molecule has 0 saturated carbocycles. The molecule has 0 amide bonds. The molecule has 1 aromatic rings. The highest BCUT2D eigenvalue weighted by Crippen LogP contribution is 2.13. The van der Waals surface area contributed by atoms with Crippen LogP contribution in [-0.4, -0.2) is 49.9 Å². The third kappa shape index (κ3) is 7.02. The minimum atomic E-state index is -3.92. The number of rotatable bonds is 5. The maximum Gasteiger partial charge on any atom is 0.333 e. The van der Waals surface area contributed by atoms with E-state index >= 15 is 0 Å². The number of benzene rings is 1. The Bertz CT molecular complexity index is 573. The first-order valence-corrected chi connectivity index (χ1v) is 8.83. The van der Waals surface area contributed by atoms with Crippen LogP contribution in [0.1, 0.15) is 25.8 Å². The van der Waals surface area contributed by atoms with Gasteiger partial charge in [0.05, 0.1) is 6.04 Å². The Morgan fingerprint density at radius 2 is 1.95 bits per heavy atom. The molecule has 2 rings (SSSR count). The lowest BCUT2D eigenvalue weighted by Gasteiger charge is -2.14. The van der Waals surface area contributed by atoms with Gasteiger partial charge in [0.1, 0.15) is 5.84 Å². The summed E-state index contributed by atoms with van der Waals surface area (Å²) in [7, 11) is -1.79. The van der Waals surface area contributed by atoms with Crippen molar-refractivity contribution in [1.29, 1.82) is 0 Å². The largest absolute Gasteiger partial charge is 0.361 e. The van der Waals surface area contributed by atoms with Gasteiger partial charge in [-0.2, -0.15) is 13.1 Å². The molecule has 22 heavy (non-hydrogen) atoms. The topological polar surface area (TPSA) is 82.0 Å². The molecule has 0 radical (unpaired) electrons. The number of aliphatic imine (C=N–C) groups is 1. The van der Waals surface area contributed by atoms with Gasteiger partial charge in [-0.05, 0) is 12.0 Å². The van der Waals surface area contributed by atoms with E-state index in [1.807, 2.05) is 4.72 Å². The normalized spacial score (nSPS) is 17.7. The summed E-state index contributed by atoms with van der Waals surface area (Å²) in [6, 6.07) is 11.1. The summed E-state index contributed by atoms with van der Waals surface area (Å²) < 4.78 is 29.0. The molecule has 1 heterocycles. The fourth-order valence-electron chi connectivity index (χ4n) is 2.13. The van der Waals surface area contributed by atoms with Crippen LogP contribution >= 0.6 is 0 Å². The molecule has 0 aliphatic carbocycles. The van der Waals surface area contributed by atoms with E-state index in [4.69, 9.17) is 9.55 Å². The summed E-state index contributed by atoms with van der Waals surface area (Å²) in [5.74, 6) is 1.23. The van der Waals surface area contributed by atoms with Crippen molar-refractivity contribution in [1.82, 2.24) is 9.62 Å². The molecular formula is C15H25N3O3S. The van der Waals surface area contributed by atoms with Crippen molar-refractivity contribution >= 4 is 16.1 Å². The van der Waals surface area contributed by atoms with Crippen LogP contribution in [0.3, 0.4) is 0 Å². The summed E-state index contributed by atoms with van der Waals surface area (Å²) in [5.41, 5.74) is 1.35. The Kier molecular flexibility index (Phi) is 7.50.